The molecule has 0 aromatic heterocycles. The minimum absolute atomic E-state index is 0.0525. The van der Waals surface area contributed by atoms with Crippen LogP contribution in [-0.4, -0.2) is 36.7 Å². The summed E-state index contributed by atoms with van der Waals surface area (Å²) >= 11 is 0. The summed E-state index contributed by atoms with van der Waals surface area (Å²) in [6.07, 6.45) is -0.359. The number of nitrogens with zero attached hydrogens (tertiary/aromatic N) is 1. The van der Waals surface area contributed by atoms with E-state index in [9.17, 15) is 4.79 Å². The smallest absolute Gasteiger partial charge is 0.410 e. The van der Waals surface area contributed by atoms with Crippen molar-refractivity contribution in [3.63, 3.8) is 0 Å². The molecule has 5 heteroatoms. The number of rotatable bonds is 2. The number of para-hydroxylation sites is 1. The Hall–Kier alpha value is -1.59. The van der Waals surface area contributed by atoms with Crippen molar-refractivity contribution < 1.29 is 9.53 Å². The SMILES string of the molecule is NCC1CN(C(=O)Oc2ccccc2)CC1N. The Kier molecular flexibility index (Phi) is 3.61. The number of benzene rings is 1. The fraction of sp³-hybridized carbons (Fsp3) is 0.417. The maximum absolute atomic E-state index is 11.8. The Balaban J connectivity index is 1.94. The molecule has 2 atom stereocenters. The summed E-state index contributed by atoms with van der Waals surface area (Å²) in [6.45, 7) is 1.58. The highest BCUT2D eigenvalue weighted by molar-refractivity contribution is 5.71. The molecule has 1 aromatic rings. The summed E-state index contributed by atoms with van der Waals surface area (Å²) in [5.74, 6) is 0.709. The molecule has 92 valence electrons. The highest BCUT2D eigenvalue weighted by Gasteiger charge is 2.32. The third-order valence-electron chi connectivity index (χ3n) is 3.00. The highest BCUT2D eigenvalue weighted by atomic mass is 16.6. The van der Waals surface area contributed by atoms with E-state index in [1.807, 2.05) is 18.2 Å². The predicted octanol–water partition coefficient (Wildman–Crippen LogP) is 0.403. The maximum atomic E-state index is 11.8. The molecule has 4 N–H and O–H groups in total. The molecule has 1 amide bonds. The van der Waals surface area contributed by atoms with Crippen molar-refractivity contribution in [2.75, 3.05) is 19.6 Å². The van der Waals surface area contributed by atoms with Gasteiger partial charge in [0.1, 0.15) is 5.75 Å². The van der Waals surface area contributed by atoms with Gasteiger partial charge >= 0.3 is 6.09 Å². The lowest BCUT2D eigenvalue weighted by Crippen LogP contribution is -2.34. The van der Waals surface area contributed by atoms with Gasteiger partial charge in [0.2, 0.25) is 0 Å². The van der Waals surface area contributed by atoms with Crippen molar-refractivity contribution in [2.45, 2.75) is 6.04 Å². The van der Waals surface area contributed by atoms with Crippen molar-refractivity contribution in [1.29, 1.82) is 0 Å². The number of hydrogen-bond donors (Lipinski definition) is 2. The first-order chi connectivity index (χ1) is 8.20. The van der Waals surface area contributed by atoms with Crippen LogP contribution in [-0.2, 0) is 0 Å². The summed E-state index contributed by atoms with van der Waals surface area (Å²) < 4.78 is 5.23. The van der Waals surface area contributed by atoms with E-state index in [0.29, 0.717) is 25.4 Å². The second kappa shape index (κ2) is 5.16. The van der Waals surface area contributed by atoms with Crippen LogP contribution in [0.15, 0.2) is 30.3 Å². The molecule has 2 unspecified atom stereocenters. The molecule has 1 aromatic carbocycles. The molecule has 17 heavy (non-hydrogen) atoms. The van der Waals surface area contributed by atoms with E-state index in [4.69, 9.17) is 16.2 Å². The molecule has 1 heterocycles. The molecule has 5 nitrogen and oxygen atoms in total. The molecular formula is C12H17N3O2. The van der Waals surface area contributed by atoms with E-state index in [-0.39, 0.29) is 18.1 Å². The molecule has 0 aliphatic carbocycles. The van der Waals surface area contributed by atoms with Crippen LogP contribution in [0.4, 0.5) is 4.79 Å². The van der Waals surface area contributed by atoms with Crippen LogP contribution in [0.1, 0.15) is 0 Å². The van der Waals surface area contributed by atoms with E-state index >= 15 is 0 Å². The van der Waals surface area contributed by atoms with E-state index in [1.54, 1.807) is 17.0 Å². The van der Waals surface area contributed by atoms with Gasteiger partial charge in [-0.3, -0.25) is 0 Å². The van der Waals surface area contributed by atoms with Crippen molar-refractivity contribution in [3.8, 4) is 5.75 Å². The highest BCUT2D eigenvalue weighted by Crippen LogP contribution is 2.17. The van der Waals surface area contributed by atoms with Crippen LogP contribution >= 0.6 is 0 Å². The number of carbonyl (C=O) groups excluding carboxylic acids is 1. The first-order valence-electron chi connectivity index (χ1n) is 5.68. The third kappa shape index (κ3) is 2.75. The van der Waals surface area contributed by atoms with Crippen LogP contribution in [0.5, 0.6) is 5.75 Å². The molecule has 0 radical (unpaired) electrons. The molecule has 1 aliphatic heterocycles. The quantitative estimate of drug-likeness (QED) is 0.777. The van der Waals surface area contributed by atoms with Gasteiger partial charge in [-0.2, -0.15) is 0 Å². The van der Waals surface area contributed by atoms with E-state index in [2.05, 4.69) is 0 Å². The van der Waals surface area contributed by atoms with Crippen LogP contribution in [0.2, 0.25) is 0 Å². The van der Waals surface area contributed by atoms with E-state index in [1.165, 1.54) is 0 Å². The van der Waals surface area contributed by atoms with Crippen LogP contribution < -0.4 is 16.2 Å². The minimum Gasteiger partial charge on any atom is -0.410 e. The molecule has 1 aliphatic rings. The number of hydrogen-bond acceptors (Lipinski definition) is 4. The average Bonchev–Trinajstić information content (AvgIpc) is 2.72. The molecule has 0 spiro atoms. The number of likely N-dealkylation sites (tertiary alicyclic amines) is 1. The molecule has 0 bridgehead atoms. The van der Waals surface area contributed by atoms with Gasteiger partial charge in [0.25, 0.3) is 0 Å². The van der Waals surface area contributed by atoms with Gasteiger partial charge in [-0.25, -0.2) is 4.79 Å². The van der Waals surface area contributed by atoms with Gasteiger partial charge in [-0.05, 0) is 18.7 Å². The Morgan fingerprint density at radius 2 is 2.06 bits per heavy atom. The van der Waals surface area contributed by atoms with Gasteiger partial charge in [0, 0.05) is 25.0 Å². The molecule has 1 fully saturated rings. The number of ether oxygens (including phenoxy) is 1. The first kappa shape index (κ1) is 11.9. The zero-order chi connectivity index (χ0) is 12.3. The summed E-state index contributed by atoms with van der Waals surface area (Å²) in [5.41, 5.74) is 11.5. The van der Waals surface area contributed by atoms with Gasteiger partial charge in [-0.1, -0.05) is 18.2 Å². The van der Waals surface area contributed by atoms with E-state index in [0.717, 1.165) is 0 Å². The zero-order valence-electron chi connectivity index (χ0n) is 9.58. The Bertz CT molecular complexity index is 383. The summed E-state index contributed by atoms with van der Waals surface area (Å²) in [6, 6.07) is 8.95. The van der Waals surface area contributed by atoms with Crippen molar-refractivity contribution >= 4 is 6.09 Å². The topological polar surface area (TPSA) is 81.6 Å². The van der Waals surface area contributed by atoms with E-state index < -0.39 is 0 Å². The molecule has 2 rings (SSSR count). The monoisotopic (exact) mass is 235 g/mol. The first-order valence-corrected chi connectivity index (χ1v) is 5.68. The summed E-state index contributed by atoms with van der Waals surface area (Å²) in [7, 11) is 0. The van der Waals surface area contributed by atoms with Crippen molar-refractivity contribution in [2.24, 2.45) is 17.4 Å². The third-order valence-corrected chi connectivity index (χ3v) is 3.00. The second-order valence-corrected chi connectivity index (χ2v) is 4.25. The lowest BCUT2D eigenvalue weighted by Gasteiger charge is -2.15. The molecule has 1 saturated heterocycles. The van der Waals surface area contributed by atoms with Gasteiger partial charge in [0.05, 0.1) is 0 Å². The minimum atomic E-state index is -0.359. The van der Waals surface area contributed by atoms with Gasteiger partial charge in [-0.15, -0.1) is 0 Å². The number of nitrogens with two attached hydrogens (primary N) is 2. The fourth-order valence-electron chi connectivity index (χ4n) is 1.95. The largest absolute Gasteiger partial charge is 0.415 e. The molecular weight excluding hydrogens is 218 g/mol. The lowest BCUT2D eigenvalue weighted by atomic mass is 10.1. The zero-order valence-corrected chi connectivity index (χ0v) is 9.58. The number of carbonyl (C=O) groups is 1. The van der Waals surface area contributed by atoms with Crippen molar-refractivity contribution in [3.05, 3.63) is 30.3 Å². The van der Waals surface area contributed by atoms with Crippen LogP contribution in [0.25, 0.3) is 0 Å². The predicted molar refractivity (Wildman–Crippen MR) is 64.6 cm³/mol. The summed E-state index contributed by atoms with van der Waals surface area (Å²) in [5, 5.41) is 0. The number of amides is 1. The van der Waals surface area contributed by atoms with Crippen LogP contribution in [0.3, 0.4) is 0 Å². The normalized spacial score (nSPS) is 23.8. The summed E-state index contributed by atoms with van der Waals surface area (Å²) in [4.78, 5) is 13.4. The maximum Gasteiger partial charge on any atom is 0.415 e. The second-order valence-electron chi connectivity index (χ2n) is 4.25. The van der Waals surface area contributed by atoms with Crippen molar-refractivity contribution in [1.82, 2.24) is 4.90 Å². The van der Waals surface area contributed by atoms with Crippen LogP contribution in [0, 0.1) is 5.92 Å². The standard InChI is InChI=1S/C12H17N3O2/c13-6-9-7-15(8-11(9)14)12(16)17-10-4-2-1-3-5-10/h1-5,9,11H,6-8,13-14H2. The van der Waals surface area contributed by atoms with Gasteiger partial charge in [0.15, 0.2) is 0 Å². The molecule has 0 saturated carbocycles. The Labute approximate surface area is 100 Å². The fourth-order valence-corrected chi connectivity index (χ4v) is 1.95. The van der Waals surface area contributed by atoms with Gasteiger partial charge < -0.3 is 21.1 Å². The average molecular weight is 235 g/mol. The Morgan fingerprint density at radius 1 is 1.35 bits per heavy atom. The Morgan fingerprint density at radius 3 is 2.65 bits per heavy atom. The lowest BCUT2D eigenvalue weighted by molar-refractivity contribution is 0.161.